The highest BCUT2D eigenvalue weighted by Gasteiger charge is 2.22. The largest absolute Gasteiger partial charge is 0.346 e. The van der Waals surface area contributed by atoms with E-state index in [9.17, 15) is 4.79 Å². The second kappa shape index (κ2) is 8.55. The maximum absolute atomic E-state index is 12.9. The molecule has 1 amide bonds. The van der Waals surface area contributed by atoms with Crippen molar-refractivity contribution in [3.8, 4) is 16.9 Å². The van der Waals surface area contributed by atoms with Crippen molar-refractivity contribution in [2.75, 3.05) is 0 Å². The maximum Gasteiger partial charge on any atom is 0.274 e. The summed E-state index contributed by atoms with van der Waals surface area (Å²) in [7, 11) is 0. The number of hydrogen-bond acceptors (Lipinski definition) is 4. The first-order valence-corrected chi connectivity index (χ1v) is 9.93. The van der Waals surface area contributed by atoms with Gasteiger partial charge in [0, 0.05) is 34.0 Å². The van der Waals surface area contributed by atoms with Gasteiger partial charge in [-0.15, -0.1) is 5.10 Å². The van der Waals surface area contributed by atoms with E-state index in [4.69, 9.17) is 11.6 Å². The Labute approximate surface area is 180 Å². The van der Waals surface area contributed by atoms with Gasteiger partial charge in [0.2, 0.25) is 0 Å². The number of nitrogens with zero attached hydrogens (tertiary/aromatic N) is 4. The molecule has 0 aliphatic heterocycles. The average molecular weight is 469 g/mol. The highest BCUT2D eigenvalue weighted by molar-refractivity contribution is 9.10. The van der Waals surface area contributed by atoms with E-state index in [-0.39, 0.29) is 11.6 Å². The summed E-state index contributed by atoms with van der Waals surface area (Å²) in [6, 6.07) is 18.6. The van der Waals surface area contributed by atoms with Crippen LogP contribution in [0.25, 0.3) is 16.9 Å². The van der Waals surface area contributed by atoms with Gasteiger partial charge in [0.05, 0.1) is 5.69 Å². The Morgan fingerprint density at radius 2 is 1.93 bits per heavy atom. The maximum atomic E-state index is 12.9. The normalized spacial score (nSPS) is 10.7. The lowest BCUT2D eigenvalue weighted by Crippen LogP contribution is -2.24. The lowest BCUT2D eigenvalue weighted by atomic mass is 10.1. The van der Waals surface area contributed by atoms with Gasteiger partial charge in [0.25, 0.3) is 5.91 Å². The molecule has 0 fully saturated rings. The number of carbonyl (C=O) groups excluding carboxylic acids is 1. The molecule has 29 heavy (non-hydrogen) atoms. The van der Waals surface area contributed by atoms with Gasteiger partial charge < -0.3 is 5.32 Å². The molecule has 0 saturated heterocycles. The van der Waals surface area contributed by atoms with Gasteiger partial charge in [-0.25, -0.2) is 4.68 Å². The number of pyridine rings is 1. The molecule has 0 atom stereocenters. The van der Waals surface area contributed by atoms with Crippen LogP contribution in [-0.2, 0) is 6.54 Å². The van der Waals surface area contributed by atoms with Crippen molar-refractivity contribution in [1.29, 1.82) is 0 Å². The lowest BCUT2D eigenvalue weighted by molar-refractivity contribution is 0.0946. The number of benzene rings is 2. The zero-order valence-electron chi connectivity index (χ0n) is 15.1. The fourth-order valence-corrected chi connectivity index (χ4v) is 3.45. The minimum Gasteiger partial charge on any atom is -0.346 e. The summed E-state index contributed by atoms with van der Waals surface area (Å²) in [6.45, 7) is 0.374. The summed E-state index contributed by atoms with van der Waals surface area (Å²) in [6.07, 6.45) is 3.35. The Kier molecular flexibility index (Phi) is 5.69. The smallest absolute Gasteiger partial charge is 0.274 e. The van der Waals surface area contributed by atoms with Crippen LogP contribution < -0.4 is 5.32 Å². The number of rotatable bonds is 5. The van der Waals surface area contributed by atoms with Crippen LogP contribution in [0.2, 0.25) is 5.02 Å². The summed E-state index contributed by atoms with van der Waals surface area (Å²) < 4.78 is 2.57. The van der Waals surface area contributed by atoms with E-state index in [1.165, 1.54) is 0 Å². The number of nitrogens with one attached hydrogen (secondary N) is 1. The molecule has 6 nitrogen and oxygen atoms in total. The zero-order valence-corrected chi connectivity index (χ0v) is 17.4. The van der Waals surface area contributed by atoms with Gasteiger partial charge in [-0.3, -0.25) is 9.78 Å². The summed E-state index contributed by atoms with van der Waals surface area (Å²) >= 11 is 9.44. The number of halogens is 2. The number of carbonyl (C=O) groups is 1. The van der Waals surface area contributed by atoms with Gasteiger partial charge in [-0.05, 0) is 54.1 Å². The Bertz CT molecular complexity index is 1150. The molecule has 2 heterocycles. The highest BCUT2D eigenvalue weighted by atomic mass is 79.9. The van der Waals surface area contributed by atoms with Crippen LogP contribution in [0.5, 0.6) is 0 Å². The number of amides is 1. The van der Waals surface area contributed by atoms with Crippen LogP contribution in [0.15, 0.2) is 77.5 Å². The molecule has 1 N–H and O–H groups in total. The Hall–Kier alpha value is -3.03. The number of hydrogen-bond donors (Lipinski definition) is 1. The molecule has 144 valence electrons. The predicted molar refractivity (Wildman–Crippen MR) is 115 cm³/mol. The molecule has 0 radical (unpaired) electrons. The minimum atomic E-state index is -0.316. The summed E-state index contributed by atoms with van der Waals surface area (Å²) in [5.41, 5.74) is 3.24. The molecule has 0 bridgehead atoms. The van der Waals surface area contributed by atoms with E-state index in [2.05, 4.69) is 36.5 Å². The van der Waals surface area contributed by atoms with Crippen molar-refractivity contribution in [2.45, 2.75) is 6.54 Å². The van der Waals surface area contributed by atoms with Gasteiger partial charge in [-0.1, -0.05) is 44.9 Å². The minimum absolute atomic E-state index is 0.225. The van der Waals surface area contributed by atoms with E-state index >= 15 is 0 Å². The predicted octanol–water partition coefficient (Wildman–Crippen LogP) is 4.68. The van der Waals surface area contributed by atoms with Crippen molar-refractivity contribution in [3.63, 3.8) is 0 Å². The van der Waals surface area contributed by atoms with Crippen LogP contribution in [-0.4, -0.2) is 25.9 Å². The summed E-state index contributed by atoms with van der Waals surface area (Å²) in [5.74, 6) is -0.316. The Balaban J connectivity index is 1.69. The Morgan fingerprint density at radius 1 is 1.10 bits per heavy atom. The molecular weight excluding hydrogens is 454 g/mol. The number of aromatic nitrogens is 4. The molecule has 4 rings (SSSR count). The zero-order chi connectivity index (χ0) is 20.2. The lowest BCUT2D eigenvalue weighted by Gasteiger charge is -2.09. The molecule has 0 saturated carbocycles. The van der Waals surface area contributed by atoms with Crippen LogP contribution >= 0.6 is 27.5 Å². The monoisotopic (exact) mass is 467 g/mol. The van der Waals surface area contributed by atoms with Crippen LogP contribution in [0, 0.1) is 0 Å². The molecular formula is C21H15BrClN5O. The van der Waals surface area contributed by atoms with Crippen LogP contribution in [0.3, 0.4) is 0 Å². The standard InChI is InChI=1S/C21H15BrClN5O/c22-16-5-1-3-14(11-16)12-25-21(29)19-20(15-4-2-10-24-13-15)28(27-26-19)18-8-6-17(23)7-9-18/h1-11,13H,12H2,(H,25,29). The van der Waals surface area contributed by atoms with Gasteiger partial charge >= 0.3 is 0 Å². The second-order valence-corrected chi connectivity index (χ2v) is 7.58. The Morgan fingerprint density at radius 3 is 2.66 bits per heavy atom. The van der Waals surface area contributed by atoms with Gasteiger partial charge in [-0.2, -0.15) is 0 Å². The third kappa shape index (κ3) is 4.36. The molecule has 0 spiro atoms. The van der Waals surface area contributed by atoms with Gasteiger partial charge in [0.15, 0.2) is 5.69 Å². The first-order valence-electron chi connectivity index (χ1n) is 8.76. The summed E-state index contributed by atoms with van der Waals surface area (Å²) in [4.78, 5) is 17.1. The third-order valence-electron chi connectivity index (χ3n) is 4.23. The third-order valence-corrected chi connectivity index (χ3v) is 4.98. The van der Waals surface area contributed by atoms with Crippen LogP contribution in [0.4, 0.5) is 0 Å². The van der Waals surface area contributed by atoms with E-state index in [0.29, 0.717) is 17.3 Å². The van der Waals surface area contributed by atoms with Gasteiger partial charge in [0.1, 0.15) is 5.69 Å². The molecule has 8 heteroatoms. The van der Waals surface area contributed by atoms with E-state index in [1.54, 1.807) is 35.3 Å². The topological polar surface area (TPSA) is 72.7 Å². The van der Waals surface area contributed by atoms with Crippen molar-refractivity contribution < 1.29 is 4.79 Å². The molecule has 4 aromatic rings. The first-order chi connectivity index (χ1) is 14.1. The van der Waals surface area contributed by atoms with Crippen molar-refractivity contribution in [3.05, 3.63) is 93.8 Å². The molecule has 0 aliphatic carbocycles. The SMILES string of the molecule is O=C(NCc1cccc(Br)c1)c1nnn(-c2ccc(Cl)cc2)c1-c1cccnc1. The van der Waals surface area contributed by atoms with Crippen molar-refractivity contribution in [1.82, 2.24) is 25.3 Å². The molecule has 2 aromatic carbocycles. The van der Waals surface area contributed by atoms with E-state index in [0.717, 1.165) is 21.3 Å². The molecule has 2 aromatic heterocycles. The van der Waals surface area contributed by atoms with E-state index < -0.39 is 0 Å². The fraction of sp³-hybridized carbons (Fsp3) is 0.0476. The molecule has 0 unspecified atom stereocenters. The van der Waals surface area contributed by atoms with E-state index in [1.807, 2.05) is 42.5 Å². The fourth-order valence-electron chi connectivity index (χ4n) is 2.87. The van der Waals surface area contributed by atoms with Crippen molar-refractivity contribution in [2.24, 2.45) is 0 Å². The molecule has 0 aliphatic rings. The average Bonchev–Trinajstić information content (AvgIpc) is 3.18. The quantitative estimate of drug-likeness (QED) is 0.462. The second-order valence-electron chi connectivity index (χ2n) is 6.23. The van der Waals surface area contributed by atoms with Crippen molar-refractivity contribution >= 4 is 33.4 Å². The summed E-state index contributed by atoms with van der Waals surface area (Å²) in [5, 5.41) is 11.9. The highest BCUT2D eigenvalue weighted by Crippen LogP contribution is 2.25. The first kappa shape index (κ1) is 19.3. The van der Waals surface area contributed by atoms with Crippen LogP contribution in [0.1, 0.15) is 16.1 Å².